The zero-order valence-corrected chi connectivity index (χ0v) is 14.3. The third-order valence-electron chi connectivity index (χ3n) is 3.89. The SMILES string of the molecule is Cl.Fc1cc([C@@H](c2cccs2)N2CCNCC2)cc(C(F)(F)F)c1. The molecule has 1 aromatic carbocycles. The Kier molecular flexibility index (Phi) is 6.25. The molecule has 2 nitrogen and oxygen atoms in total. The van der Waals surface area contributed by atoms with Gasteiger partial charge in [0.15, 0.2) is 0 Å². The van der Waals surface area contributed by atoms with E-state index >= 15 is 0 Å². The normalized spacial score (nSPS) is 17.3. The number of hydrogen-bond acceptors (Lipinski definition) is 3. The third-order valence-corrected chi connectivity index (χ3v) is 4.82. The van der Waals surface area contributed by atoms with Crippen LogP contribution in [0, 0.1) is 5.82 Å². The van der Waals surface area contributed by atoms with Crippen molar-refractivity contribution in [3.8, 4) is 0 Å². The number of nitrogens with one attached hydrogen (secondary N) is 1. The van der Waals surface area contributed by atoms with Crippen LogP contribution in [0.2, 0.25) is 0 Å². The first kappa shape index (κ1) is 19.2. The number of nitrogens with zero attached hydrogens (tertiary/aromatic N) is 1. The predicted octanol–water partition coefficient (Wildman–Crippen LogP) is 4.32. The highest BCUT2D eigenvalue weighted by molar-refractivity contribution is 7.10. The molecule has 0 radical (unpaired) electrons. The predicted molar refractivity (Wildman–Crippen MR) is 89.3 cm³/mol. The van der Waals surface area contributed by atoms with Crippen molar-refractivity contribution < 1.29 is 17.6 Å². The molecule has 0 saturated carbocycles. The Balaban J connectivity index is 0.00000208. The maximum atomic E-state index is 13.8. The maximum absolute atomic E-state index is 13.8. The van der Waals surface area contributed by atoms with Gasteiger partial charge in [-0.2, -0.15) is 13.2 Å². The van der Waals surface area contributed by atoms with Crippen molar-refractivity contribution >= 4 is 23.7 Å². The second kappa shape index (κ2) is 7.82. The first-order valence-corrected chi connectivity index (χ1v) is 8.19. The van der Waals surface area contributed by atoms with E-state index in [0.29, 0.717) is 24.7 Å². The lowest BCUT2D eigenvalue weighted by Gasteiger charge is -2.35. The highest BCUT2D eigenvalue weighted by atomic mass is 35.5. The van der Waals surface area contributed by atoms with Crippen molar-refractivity contribution in [1.82, 2.24) is 10.2 Å². The van der Waals surface area contributed by atoms with Crippen LogP contribution in [0.5, 0.6) is 0 Å². The van der Waals surface area contributed by atoms with Crippen LogP contribution in [0.15, 0.2) is 35.7 Å². The zero-order chi connectivity index (χ0) is 16.4. The van der Waals surface area contributed by atoms with Gasteiger partial charge in [0.25, 0.3) is 0 Å². The molecule has 1 N–H and O–H groups in total. The van der Waals surface area contributed by atoms with E-state index in [2.05, 4.69) is 10.2 Å². The van der Waals surface area contributed by atoms with Crippen molar-refractivity contribution in [2.45, 2.75) is 12.2 Å². The van der Waals surface area contributed by atoms with Crippen LogP contribution in [0.3, 0.4) is 0 Å². The highest BCUT2D eigenvalue weighted by Crippen LogP contribution is 2.36. The largest absolute Gasteiger partial charge is 0.416 e. The fraction of sp³-hybridized carbons (Fsp3) is 0.375. The molecule has 1 aliphatic heterocycles. The van der Waals surface area contributed by atoms with Crippen LogP contribution < -0.4 is 5.32 Å². The van der Waals surface area contributed by atoms with E-state index < -0.39 is 17.6 Å². The average Bonchev–Trinajstić information content (AvgIpc) is 3.01. The Bertz CT molecular complexity index is 655. The lowest BCUT2D eigenvalue weighted by atomic mass is 10.00. The highest BCUT2D eigenvalue weighted by Gasteiger charge is 2.33. The van der Waals surface area contributed by atoms with E-state index in [1.165, 1.54) is 17.4 Å². The van der Waals surface area contributed by atoms with Crippen LogP contribution in [0.1, 0.15) is 22.0 Å². The van der Waals surface area contributed by atoms with Crippen molar-refractivity contribution in [3.05, 3.63) is 57.5 Å². The Hall–Kier alpha value is -1.15. The molecule has 0 unspecified atom stereocenters. The van der Waals surface area contributed by atoms with Gasteiger partial charge in [0.05, 0.1) is 11.6 Å². The van der Waals surface area contributed by atoms with E-state index in [1.54, 1.807) is 0 Å². The van der Waals surface area contributed by atoms with Crippen LogP contribution in [-0.2, 0) is 6.18 Å². The molecule has 1 aliphatic rings. The van der Waals surface area contributed by atoms with Crippen molar-refractivity contribution in [2.24, 2.45) is 0 Å². The van der Waals surface area contributed by atoms with E-state index in [4.69, 9.17) is 0 Å². The fourth-order valence-electron chi connectivity index (χ4n) is 2.88. The summed E-state index contributed by atoms with van der Waals surface area (Å²) in [7, 11) is 0. The average molecular weight is 381 g/mol. The topological polar surface area (TPSA) is 15.3 Å². The van der Waals surface area contributed by atoms with Gasteiger partial charge in [0.1, 0.15) is 5.82 Å². The van der Waals surface area contributed by atoms with Gasteiger partial charge < -0.3 is 5.32 Å². The molecule has 132 valence electrons. The van der Waals surface area contributed by atoms with E-state index in [0.717, 1.165) is 24.0 Å². The molecule has 24 heavy (non-hydrogen) atoms. The van der Waals surface area contributed by atoms with Gasteiger partial charge in [-0.3, -0.25) is 4.90 Å². The molecule has 1 fully saturated rings. The second-order valence-corrected chi connectivity index (χ2v) is 6.45. The van der Waals surface area contributed by atoms with Gasteiger partial charge in [-0.05, 0) is 35.2 Å². The smallest absolute Gasteiger partial charge is 0.314 e. The molecule has 2 heterocycles. The summed E-state index contributed by atoms with van der Waals surface area (Å²) in [6.45, 7) is 2.95. The molecule has 0 aliphatic carbocycles. The molecular formula is C16H17ClF4N2S. The van der Waals surface area contributed by atoms with Gasteiger partial charge in [0, 0.05) is 31.1 Å². The standard InChI is InChI=1S/C16H16F4N2S.ClH/c17-13-9-11(8-12(10-13)16(18,19)20)15(14-2-1-7-23-14)22-5-3-21-4-6-22;/h1-2,7-10,15,21H,3-6H2;1H/t15-;/m0./s1. The molecule has 0 bridgehead atoms. The molecule has 2 aromatic rings. The molecule has 1 saturated heterocycles. The Morgan fingerprint density at radius 1 is 1.12 bits per heavy atom. The molecule has 1 atom stereocenters. The van der Waals surface area contributed by atoms with Gasteiger partial charge in [-0.1, -0.05) is 6.07 Å². The molecule has 0 amide bonds. The van der Waals surface area contributed by atoms with Crippen molar-refractivity contribution in [2.75, 3.05) is 26.2 Å². The molecule has 1 aromatic heterocycles. The third kappa shape index (κ3) is 4.27. The van der Waals surface area contributed by atoms with Gasteiger partial charge in [-0.25, -0.2) is 4.39 Å². The molecule has 8 heteroatoms. The number of alkyl halides is 3. The lowest BCUT2D eigenvalue weighted by Crippen LogP contribution is -2.45. The van der Waals surface area contributed by atoms with E-state index in [9.17, 15) is 17.6 Å². The van der Waals surface area contributed by atoms with Crippen molar-refractivity contribution in [1.29, 1.82) is 0 Å². The van der Waals surface area contributed by atoms with Crippen LogP contribution in [0.25, 0.3) is 0 Å². The molecular weight excluding hydrogens is 364 g/mol. The number of piperazine rings is 1. The molecule has 0 spiro atoms. The van der Waals surface area contributed by atoms with Gasteiger partial charge in [-0.15, -0.1) is 23.7 Å². The van der Waals surface area contributed by atoms with E-state index in [-0.39, 0.29) is 18.4 Å². The van der Waals surface area contributed by atoms with Crippen molar-refractivity contribution in [3.63, 3.8) is 0 Å². The Morgan fingerprint density at radius 3 is 2.42 bits per heavy atom. The minimum Gasteiger partial charge on any atom is -0.314 e. The first-order valence-electron chi connectivity index (χ1n) is 7.31. The number of hydrogen-bond donors (Lipinski definition) is 1. The summed E-state index contributed by atoms with van der Waals surface area (Å²) in [5.74, 6) is -0.855. The summed E-state index contributed by atoms with van der Waals surface area (Å²) in [6.07, 6.45) is -4.56. The zero-order valence-electron chi connectivity index (χ0n) is 12.6. The maximum Gasteiger partial charge on any atom is 0.416 e. The lowest BCUT2D eigenvalue weighted by molar-refractivity contribution is -0.137. The number of halogens is 5. The van der Waals surface area contributed by atoms with Gasteiger partial charge in [0.2, 0.25) is 0 Å². The number of rotatable bonds is 3. The number of benzene rings is 1. The van der Waals surface area contributed by atoms with Gasteiger partial charge >= 0.3 is 6.18 Å². The Labute approximate surface area is 147 Å². The summed E-state index contributed by atoms with van der Waals surface area (Å²) in [4.78, 5) is 3.02. The van der Waals surface area contributed by atoms with Crippen LogP contribution >= 0.6 is 23.7 Å². The minimum absolute atomic E-state index is 0. The molecule has 3 rings (SSSR count). The van der Waals surface area contributed by atoms with E-state index in [1.807, 2.05) is 17.5 Å². The minimum atomic E-state index is -4.56. The summed E-state index contributed by atoms with van der Waals surface area (Å²) in [5.41, 5.74) is -0.592. The summed E-state index contributed by atoms with van der Waals surface area (Å²) in [6, 6.07) is 6.22. The summed E-state index contributed by atoms with van der Waals surface area (Å²) >= 11 is 1.47. The first-order chi connectivity index (χ1) is 10.9. The van der Waals surface area contributed by atoms with Crippen LogP contribution in [0.4, 0.5) is 17.6 Å². The summed E-state index contributed by atoms with van der Waals surface area (Å²) in [5, 5.41) is 5.10. The second-order valence-electron chi connectivity index (χ2n) is 5.47. The Morgan fingerprint density at radius 2 is 1.83 bits per heavy atom. The monoisotopic (exact) mass is 380 g/mol. The quantitative estimate of drug-likeness (QED) is 0.798. The number of thiophene rings is 1. The summed E-state index contributed by atoms with van der Waals surface area (Å²) < 4.78 is 52.8. The fourth-order valence-corrected chi connectivity index (χ4v) is 3.76. The van der Waals surface area contributed by atoms with Crippen LogP contribution in [-0.4, -0.2) is 31.1 Å².